The van der Waals surface area contributed by atoms with Crippen molar-refractivity contribution in [2.75, 3.05) is 4.90 Å². The summed E-state index contributed by atoms with van der Waals surface area (Å²) in [5.41, 5.74) is 13.7. The first-order valence-corrected chi connectivity index (χ1v) is 18.7. The van der Waals surface area contributed by atoms with Gasteiger partial charge in [-0.2, -0.15) is 0 Å². The van der Waals surface area contributed by atoms with Crippen LogP contribution in [-0.2, 0) is 0 Å². The number of furan rings is 2. The normalized spacial score (nSPS) is 11.6. The molecule has 9 aromatic carbocycles. The van der Waals surface area contributed by atoms with Crippen LogP contribution in [0.25, 0.3) is 88.0 Å². The zero-order valence-corrected chi connectivity index (χ0v) is 29.8. The van der Waals surface area contributed by atoms with Gasteiger partial charge in [0.15, 0.2) is 0 Å². The van der Waals surface area contributed by atoms with Crippen LogP contribution in [0.2, 0.25) is 0 Å². The van der Waals surface area contributed by atoms with Crippen LogP contribution < -0.4 is 4.90 Å². The predicted molar refractivity (Wildman–Crippen MR) is 229 cm³/mol. The van der Waals surface area contributed by atoms with Crippen LogP contribution in [0, 0.1) is 0 Å². The van der Waals surface area contributed by atoms with E-state index in [1.54, 1.807) is 0 Å². The smallest absolute Gasteiger partial charge is 0.136 e. The number of anilines is 3. The zero-order chi connectivity index (χ0) is 36.3. The third-order valence-corrected chi connectivity index (χ3v) is 10.9. The molecule has 0 atom stereocenters. The largest absolute Gasteiger partial charge is 0.456 e. The van der Waals surface area contributed by atoms with E-state index in [-0.39, 0.29) is 0 Å². The number of benzene rings is 9. The summed E-state index contributed by atoms with van der Waals surface area (Å²) in [5.74, 6) is 0. The quantitative estimate of drug-likeness (QED) is 0.173. The van der Waals surface area contributed by atoms with Crippen LogP contribution in [0.3, 0.4) is 0 Å². The van der Waals surface area contributed by atoms with Gasteiger partial charge in [-0.1, -0.05) is 127 Å². The van der Waals surface area contributed by atoms with Crippen molar-refractivity contribution in [2.45, 2.75) is 0 Å². The molecule has 3 heteroatoms. The fourth-order valence-corrected chi connectivity index (χ4v) is 8.15. The van der Waals surface area contributed by atoms with Gasteiger partial charge in [-0.3, -0.25) is 0 Å². The predicted octanol–water partition coefficient (Wildman–Crippen LogP) is 15.1. The maximum Gasteiger partial charge on any atom is 0.136 e. The van der Waals surface area contributed by atoms with Crippen molar-refractivity contribution < 1.29 is 8.83 Å². The van der Waals surface area contributed by atoms with Crippen molar-refractivity contribution >= 4 is 71.7 Å². The first kappa shape index (κ1) is 31.2. The number of fused-ring (bicyclic) bond motifs is 7. The minimum Gasteiger partial charge on any atom is -0.456 e. The third-order valence-electron chi connectivity index (χ3n) is 10.9. The van der Waals surface area contributed by atoms with E-state index in [0.29, 0.717) is 0 Å². The highest BCUT2D eigenvalue weighted by atomic mass is 16.3. The van der Waals surface area contributed by atoms with Gasteiger partial charge in [0, 0.05) is 38.6 Å². The molecular formula is C52H33NO2. The first-order chi connectivity index (χ1) is 27.2. The van der Waals surface area contributed by atoms with Crippen LogP contribution in [-0.4, -0.2) is 0 Å². The van der Waals surface area contributed by atoms with Crippen LogP contribution in [0.1, 0.15) is 0 Å². The molecule has 0 fully saturated rings. The molecule has 0 unspecified atom stereocenters. The molecule has 0 radical (unpaired) electrons. The van der Waals surface area contributed by atoms with E-state index in [0.717, 1.165) is 83.2 Å². The van der Waals surface area contributed by atoms with Crippen LogP contribution in [0.5, 0.6) is 0 Å². The van der Waals surface area contributed by atoms with Crippen LogP contribution in [0.15, 0.2) is 209 Å². The van der Waals surface area contributed by atoms with Gasteiger partial charge in [-0.15, -0.1) is 0 Å². The van der Waals surface area contributed by atoms with Gasteiger partial charge in [0.1, 0.15) is 22.3 Å². The molecule has 258 valence electrons. The summed E-state index contributed by atoms with van der Waals surface area (Å²) in [6.07, 6.45) is 0. The lowest BCUT2D eigenvalue weighted by Crippen LogP contribution is -2.10. The Kier molecular flexibility index (Phi) is 7.17. The Morgan fingerprint density at radius 3 is 1.35 bits per heavy atom. The molecule has 3 nitrogen and oxygen atoms in total. The van der Waals surface area contributed by atoms with Gasteiger partial charge in [-0.05, 0) is 117 Å². The summed E-state index contributed by atoms with van der Waals surface area (Å²) in [6, 6.07) is 71.1. The Morgan fingerprint density at radius 2 is 0.745 bits per heavy atom. The molecule has 0 N–H and O–H groups in total. The van der Waals surface area contributed by atoms with E-state index in [1.165, 1.54) is 21.9 Å². The number of hydrogen-bond acceptors (Lipinski definition) is 3. The lowest BCUT2D eigenvalue weighted by atomic mass is 9.97. The summed E-state index contributed by atoms with van der Waals surface area (Å²) >= 11 is 0. The molecule has 11 aromatic rings. The summed E-state index contributed by atoms with van der Waals surface area (Å²) in [4.78, 5) is 2.34. The fourth-order valence-electron chi connectivity index (χ4n) is 8.15. The number of hydrogen-bond donors (Lipinski definition) is 0. The second-order valence-electron chi connectivity index (χ2n) is 14.1. The molecule has 55 heavy (non-hydrogen) atoms. The minimum absolute atomic E-state index is 0.897. The second-order valence-corrected chi connectivity index (χ2v) is 14.1. The summed E-state index contributed by atoms with van der Waals surface area (Å²) in [7, 11) is 0. The van der Waals surface area contributed by atoms with E-state index < -0.39 is 0 Å². The first-order valence-electron chi connectivity index (χ1n) is 18.7. The summed E-state index contributed by atoms with van der Waals surface area (Å²) in [5, 5.41) is 7.02. The summed E-state index contributed by atoms with van der Waals surface area (Å²) < 4.78 is 12.5. The number of para-hydroxylation sites is 2. The molecule has 2 heterocycles. The van der Waals surface area contributed by atoms with Crippen molar-refractivity contribution in [1.29, 1.82) is 0 Å². The standard InChI is InChI=1S/C52H33NO2/c1-2-13-43-36(9-1)10-8-16-44(43)39-11-7-12-42(31-39)53(40-25-19-34(20-26-40)37-23-29-47-45-14-3-5-17-49(45)54-51(47)32-37)41-27-21-35(22-28-41)38-24-30-48-46-15-4-6-18-50(46)55-52(48)33-38/h1-33H. The summed E-state index contributed by atoms with van der Waals surface area (Å²) in [6.45, 7) is 0. The molecule has 11 rings (SSSR count). The van der Waals surface area contributed by atoms with E-state index in [4.69, 9.17) is 8.83 Å². The topological polar surface area (TPSA) is 29.5 Å². The monoisotopic (exact) mass is 703 g/mol. The fraction of sp³-hybridized carbons (Fsp3) is 0. The van der Waals surface area contributed by atoms with Gasteiger partial charge < -0.3 is 13.7 Å². The Hall–Kier alpha value is -7.36. The second kappa shape index (κ2) is 12.6. The molecule has 0 bridgehead atoms. The molecule has 2 aromatic heterocycles. The number of nitrogens with zero attached hydrogens (tertiary/aromatic N) is 1. The molecular weight excluding hydrogens is 671 g/mol. The van der Waals surface area contributed by atoms with Crippen molar-refractivity contribution in [1.82, 2.24) is 0 Å². The highest BCUT2D eigenvalue weighted by Crippen LogP contribution is 2.41. The highest BCUT2D eigenvalue weighted by Gasteiger charge is 2.16. The van der Waals surface area contributed by atoms with E-state index in [2.05, 4.69) is 181 Å². The molecule has 0 aliphatic rings. The van der Waals surface area contributed by atoms with Gasteiger partial charge in [-0.25, -0.2) is 0 Å². The Labute approximate surface area is 317 Å². The molecule has 0 aliphatic heterocycles. The van der Waals surface area contributed by atoms with Crippen molar-refractivity contribution in [3.63, 3.8) is 0 Å². The third kappa shape index (κ3) is 5.36. The maximum absolute atomic E-state index is 6.23. The SMILES string of the molecule is c1cc(-c2cccc3ccccc23)cc(N(c2ccc(-c3ccc4c(c3)oc3ccccc34)cc2)c2ccc(-c3ccc4c(c3)oc3ccccc34)cc2)c1. The van der Waals surface area contributed by atoms with Gasteiger partial charge in [0.25, 0.3) is 0 Å². The van der Waals surface area contributed by atoms with Gasteiger partial charge in [0.05, 0.1) is 0 Å². The van der Waals surface area contributed by atoms with Crippen LogP contribution in [0.4, 0.5) is 17.1 Å². The Balaban J connectivity index is 0.995. The average Bonchev–Trinajstić information content (AvgIpc) is 3.82. The van der Waals surface area contributed by atoms with Gasteiger partial charge in [0.2, 0.25) is 0 Å². The molecule has 0 saturated heterocycles. The molecule has 0 spiro atoms. The Morgan fingerprint density at radius 1 is 0.273 bits per heavy atom. The Bertz CT molecular complexity index is 3040. The maximum atomic E-state index is 6.23. The molecule has 0 saturated carbocycles. The van der Waals surface area contributed by atoms with Gasteiger partial charge >= 0.3 is 0 Å². The highest BCUT2D eigenvalue weighted by molar-refractivity contribution is 6.07. The molecule has 0 aliphatic carbocycles. The zero-order valence-electron chi connectivity index (χ0n) is 29.8. The van der Waals surface area contributed by atoms with Crippen molar-refractivity contribution in [2.24, 2.45) is 0 Å². The number of rotatable bonds is 6. The van der Waals surface area contributed by atoms with Crippen molar-refractivity contribution in [3.05, 3.63) is 200 Å². The van der Waals surface area contributed by atoms with E-state index in [9.17, 15) is 0 Å². The lowest BCUT2D eigenvalue weighted by Gasteiger charge is -2.26. The van der Waals surface area contributed by atoms with Crippen molar-refractivity contribution in [3.8, 4) is 33.4 Å². The lowest BCUT2D eigenvalue weighted by molar-refractivity contribution is 0.668. The van der Waals surface area contributed by atoms with E-state index >= 15 is 0 Å². The van der Waals surface area contributed by atoms with E-state index in [1.807, 2.05) is 24.3 Å². The average molecular weight is 704 g/mol. The minimum atomic E-state index is 0.897. The van der Waals surface area contributed by atoms with Crippen LogP contribution >= 0.6 is 0 Å². The molecule has 0 amide bonds.